The van der Waals surface area contributed by atoms with Crippen molar-refractivity contribution < 1.29 is 13.2 Å². The molecule has 1 aromatic heterocycles. The minimum absolute atomic E-state index is 0.0336. The SMILES string of the molecule is CCCCN(C)C(=NC)NCc1cn(C)nc1C(F)(F)F. The van der Waals surface area contributed by atoms with Crippen LogP contribution in [-0.4, -0.2) is 41.3 Å². The number of hydrogen-bond acceptors (Lipinski definition) is 2. The number of aliphatic imine (C=N–C) groups is 1. The Kier molecular flexibility index (Phi) is 6.04. The van der Waals surface area contributed by atoms with Gasteiger partial charge >= 0.3 is 6.18 Å². The van der Waals surface area contributed by atoms with Gasteiger partial charge in [0.05, 0.1) is 0 Å². The molecule has 21 heavy (non-hydrogen) atoms. The Morgan fingerprint density at radius 3 is 2.67 bits per heavy atom. The van der Waals surface area contributed by atoms with Crippen molar-refractivity contribution in [2.75, 3.05) is 20.6 Å². The number of guanidine groups is 1. The second-order valence-corrected chi connectivity index (χ2v) is 4.85. The molecule has 0 aromatic carbocycles. The molecule has 0 aliphatic rings. The lowest BCUT2D eigenvalue weighted by molar-refractivity contribution is -0.142. The summed E-state index contributed by atoms with van der Waals surface area (Å²) >= 11 is 0. The van der Waals surface area contributed by atoms with Gasteiger partial charge in [-0.05, 0) is 6.42 Å². The highest BCUT2D eigenvalue weighted by atomic mass is 19.4. The topological polar surface area (TPSA) is 45.5 Å². The first-order valence-corrected chi connectivity index (χ1v) is 6.81. The molecule has 1 heterocycles. The number of aryl methyl sites for hydroxylation is 1. The summed E-state index contributed by atoms with van der Waals surface area (Å²) in [5.74, 6) is 0.570. The molecular weight excluding hydrogens is 283 g/mol. The van der Waals surface area contributed by atoms with Gasteiger partial charge in [0.1, 0.15) is 0 Å². The van der Waals surface area contributed by atoms with E-state index < -0.39 is 11.9 Å². The van der Waals surface area contributed by atoms with E-state index in [2.05, 4.69) is 22.3 Å². The minimum Gasteiger partial charge on any atom is -0.352 e. The molecule has 0 fully saturated rings. The maximum absolute atomic E-state index is 12.8. The molecule has 5 nitrogen and oxygen atoms in total. The minimum atomic E-state index is -4.45. The molecule has 1 aromatic rings. The lowest BCUT2D eigenvalue weighted by Gasteiger charge is -2.21. The van der Waals surface area contributed by atoms with Crippen molar-refractivity contribution in [3.63, 3.8) is 0 Å². The average molecular weight is 305 g/mol. The van der Waals surface area contributed by atoms with Gasteiger partial charge in [0.2, 0.25) is 0 Å². The molecule has 8 heteroatoms. The van der Waals surface area contributed by atoms with Gasteiger partial charge in [-0.25, -0.2) is 0 Å². The number of halogens is 3. The maximum Gasteiger partial charge on any atom is 0.435 e. The van der Waals surface area contributed by atoms with Crippen LogP contribution in [0.2, 0.25) is 0 Å². The Hall–Kier alpha value is -1.73. The van der Waals surface area contributed by atoms with E-state index in [1.165, 1.54) is 17.9 Å². The van der Waals surface area contributed by atoms with E-state index in [0.717, 1.165) is 19.4 Å². The van der Waals surface area contributed by atoms with Crippen molar-refractivity contribution in [3.8, 4) is 0 Å². The number of alkyl halides is 3. The van der Waals surface area contributed by atoms with Crippen LogP contribution in [0.1, 0.15) is 31.0 Å². The molecule has 1 rings (SSSR count). The predicted octanol–water partition coefficient (Wildman–Crippen LogP) is 2.25. The first-order chi connectivity index (χ1) is 9.79. The summed E-state index contributed by atoms with van der Waals surface area (Å²) in [6.07, 6.45) is -1.04. The van der Waals surface area contributed by atoms with Gasteiger partial charge in [-0.1, -0.05) is 13.3 Å². The van der Waals surface area contributed by atoms with Crippen LogP contribution in [0.15, 0.2) is 11.2 Å². The van der Waals surface area contributed by atoms with Gasteiger partial charge in [-0.15, -0.1) is 0 Å². The van der Waals surface area contributed by atoms with E-state index in [9.17, 15) is 13.2 Å². The maximum atomic E-state index is 12.8. The normalized spacial score (nSPS) is 12.6. The van der Waals surface area contributed by atoms with E-state index in [1.807, 2.05) is 11.9 Å². The van der Waals surface area contributed by atoms with Crippen molar-refractivity contribution in [1.82, 2.24) is 20.0 Å². The third-order valence-corrected chi connectivity index (χ3v) is 3.03. The molecule has 120 valence electrons. The van der Waals surface area contributed by atoms with Crippen molar-refractivity contribution in [2.24, 2.45) is 12.0 Å². The van der Waals surface area contributed by atoms with Crippen LogP contribution >= 0.6 is 0 Å². The number of aromatic nitrogens is 2. The summed E-state index contributed by atoms with van der Waals surface area (Å²) in [7, 11) is 4.94. The van der Waals surface area contributed by atoms with Crippen molar-refractivity contribution in [3.05, 3.63) is 17.5 Å². The summed E-state index contributed by atoms with van der Waals surface area (Å²) in [6.45, 7) is 2.91. The number of unbranched alkanes of at least 4 members (excludes halogenated alkanes) is 1. The molecule has 0 bridgehead atoms. The van der Waals surface area contributed by atoms with Gasteiger partial charge in [0.25, 0.3) is 0 Å². The molecule has 0 unspecified atom stereocenters. The van der Waals surface area contributed by atoms with Crippen molar-refractivity contribution >= 4 is 5.96 Å². The first-order valence-electron chi connectivity index (χ1n) is 6.81. The van der Waals surface area contributed by atoms with Gasteiger partial charge in [0.15, 0.2) is 11.7 Å². The highest BCUT2D eigenvalue weighted by Crippen LogP contribution is 2.30. The zero-order chi connectivity index (χ0) is 16.0. The average Bonchev–Trinajstić information content (AvgIpc) is 2.78. The summed E-state index contributed by atoms with van der Waals surface area (Å²) in [6, 6.07) is 0. The van der Waals surface area contributed by atoms with Crippen LogP contribution in [-0.2, 0) is 19.8 Å². The van der Waals surface area contributed by atoms with Gasteiger partial charge < -0.3 is 10.2 Å². The zero-order valence-electron chi connectivity index (χ0n) is 12.8. The Morgan fingerprint density at radius 1 is 1.48 bits per heavy atom. The molecule has 0 radical (unpaired) electrons. The quantitative estimate of drug-likeness (QED) is 0.670. The summed E-state index contributed by atoms with van der Waals surface area (Å²) in [5.41, 5.74) is -0.751. The molecule has 0 saturated heterocycles. The fourth-order valence-electron chi connectivity index (χ4n) is 1.97. The number of nitrogens with zero attached hydrogens (tertiary/aromatic N) is 4. The Labute approximate surface area is 122 Å². The van der Waals surface area contributed by atoms with Crippen LogP contribution < -0.4 is 5.32 Å². The standard InChI is InChI=1S/C13H22F3N5/c1-5-6-7-20(3)12(17-2)18-8-10-9-21(4)19-11(10)13(14,15)16/h9H,5-8H2,1-4H3,(H,17,18). The third kappa shape index (κ3) is 4.95. The molecule has 0 amide bonds. The van der Waals surface area contributed by atoms with Gasteiger partial charge in [0, 0.05) is 46.0 Å². The van der Waals surface area contributed by atoms with E-state index in [1.54, 1.807) is 7.05 Å². The van der Waals surface area contributed by atoms with E-state index in [0.29, 0.717) is 5.96 Å². The third-order valence-electron chi connectivity index (χ3n) is 3.03. The highest BCUT2D eigenvalue weighted by molar-refractivity contribution is 5.79. The lowest BCUT2D eigenvalue weighted by atomic mass is 10.2. The van der Waals surface area contributed by atoms with Crippen LogP contribution in [0.3, 0.4) is 0 Å². The predicted molar refractivity (Wildman–Crippen MR) is 75.9 cm³/mol. The molecule has 0 aliphatic heterocycles. The fraction of sp³-hybridized carbons (Fsp3) is 0.692. The fourth-order valence-corrected chi connectivity index (χ4v) is 1.97. The molecular formula is C13H22F3N5. The van der Waals surface area contributed by atoms with Crippen molar-refractivity contribution in [1.29, 1.82) is 0 Å². The van der Waals surface area contributed by atoms with E-state index >= 15 is 0 Å². The largest absolute Gasteiger partial charge is 0.435 e. The van der Waals surface area contributed by atoms with Gasteiger partial charge in [-0.2, -0.15) is 18.3 Å². The smallest absolute Gasteiger partial charge is 0.352 e. The Balaban J connectivity index is 2.74. The van der Waals surface area contributed by atoms with Crippen LogP contribution in [0, 0.1) is 0 Å². The summed E-state index contributed by atoms with van der Waals surface area (Å²) < 4.78 is 39.7. The van der Waals surface area contributed by atoms with Gasteiger partial charge in [-0.3, -0.25) is 9.67 Å². The molecule has 0 saturated carbocycles. The molecule has 0 aliphatic carbocycles. The number of hydrogen-bond donors (Lipinski definition) is 1. The van der Waals surface area contributed by atoms with E-state index in [4.69, 9.17) is 0 Å². The van der Waals surface area contributed by atoms with Crippen LogP contribution in [0.5, 0.6) is 0 Å². The highest BCUT2D eigenvalue weighted by Gasteiger charge is 2.36. The molecule has 1 N–H and O–H groups in total. The van der Waals surface area contributed by atoms with Crippen LogP contribution in [0.25, 0.3) is 0 Å². The molecule has 0 atom stereocenters. The summed E-state index contributed by atoms with van der Waals surface area (Å²) in [4.78, 5) is 5.97. The Bertz CT molecular complexity index is 479. The first kappa shape index (κ1) is 17.3. The summed E-state index contributed by atoms with van der Waals surface area (Å²) in [5, 5.41) is 6.42. The number of rotatable bonds is 5. The Morgan fingerprint density at radius 2 is 2.14 bits per heavy atom. The zero-order valence-corrected chi connectivity index (χ0v) is 12.8. The van der Waals surface area contributed by atoms with Crippen LogP contribution in [0.4, 0.5) is 13.2 Å². The molecule has 0 spiro atoms. The number of nitrogens with one attached hydrogen (secondary N) is 1. The second kappa shape index (κ2) is 7.33. The second-order valence-electron chi connectivity index (χ2n) is 4.85. The van der Waals surface area contributed by atoms with E-state index in [-0.39, 0.29) is 12.1 Å². The van der Waals surface area contributed by atoms with Crippen molar-refractivity contribution in [2.45, 2.75) is 32.5 Å². The lowest BCUT2D eigenvalue weighted by Crippen LogP contribution is -2.39. The monoisotopic (exact) mass is 305 g/mol.